The highest BCUT2D eigenvalue weighted by molar-refractivity contribution is 6.31. The first-order valence-corrected chi connectivity index (χ1v) is 8.32. The Kier molecular flexibility index (Phi) is 5.21. The van der Waals surface area contributed by atoms with E-state index in [4.69, 9.17) is 9.47 Å². The number of nitrogens with zero attached hydrogens (tertiary/aromatic N) is 1. The number of hydrazine groups is 1. The monoisotopic (exact) mass is 366 g/mol. The van der Waals surface area contributed by atoms with Crippen molar-refractivity contribution in [3.05, 3.63) is 65.2 Å². The number of amides is 2. The summed E-state index contributed by atoms with van der Waals surface area (Å²) in [7, 11) is 1.54. The van der Waals surface area contributed by atoms with E-state index in [0.717, 1.165) is 5.01 Å². The minimum atomic E-state index is -0.503. The summed E-state index contributed by atoms with van der Waals surface area (Å²) in [6.45, 7) is 2.00. The largest absolute Gasteiger partial charge is 0.497 e. The third kappa shape index (κ3) is 3.82. The number of carbonyl (C=O) groups excluding carboxylic acids is 3. The predicted molar refractivity (Wildman–Crippen MR) is 99.0 cm³/mol. The van der Waals surface area contributed by atoms with Crippen LogP contribution in [-0.4, -0.2) is 31.5 Å². The summed E-state index contributed by atoms with van der Waals surface area (Å²) in [5, 5.41) is 1.14. The lowest BCUT2D eigenvalue weighted by Crippen LogP contribution is -2.35. The lowest BCUT2D eigenvalue weighted by Gasteiger charge is -2.14. The van der Waals surface area contributed by atoms with Crippen molar-refractivity contribution in [3.63, 3.8) is 0 Å². The van der Waals surface area contributed by atoms with Gasteiger partial charge in [0.1, 0.15) is 11.3 Å². The van der Waals surface area contributed by atoms with Crippen LogP contribution in [0.5, 0.6) is 5.75 Å². The number of carbonyl (C=O) groups is 3. The van der Waals surface area contributed by atoms with E-state index in [1.807, 2.05) is 0 Å². The van der Waals surface area contributed by atoms with Gasteiger partial charge in [0.2, 0.25) is 0 Å². The van der Waals surface area contributed by atoms with Crippen LogP contribution in [0.1, 0.15) is 22.8 Å². The maximum Gasteiger partial charge on any atom is 0.338 e. The van der Waals surface area contributed by atoms with Crippen molar-refractivity contribution in [2.45, 2.75) is 6.92 Å². The van der Waals surface area contributed by atoms with Crippen molar-refractivity contribution in [1.29, 1.82) is 0 Å². The van der Waals surface area contributed by atoms with Crippen LogP contribution in [0, 0.1) is 0 Å². The molecule has 1 N–H and O–H groups in total. The van der Waals surface area contributed by atoms with E-state index in [1.54, 1.807) is 50.4 Å². The molecule has 1 aliphatic rings. The zero-order valence-electron chi connectivity index (χ0n) is 14.9. The average Bonchev–Trinajstić information content (AvgIpc) is 2.96. The van der Waals surface area contributed by atoms with Gasteiger partial charge in [0.05, 0.1) is 25.0 Å². The molecule has 1 heterocycles. The van der Waals surface area contributed by atoms with Gasteiger partial charge in [-0.25, -0.2) is 9.80 Å². The fourth-order valence-electron chi connectivity index (χ4n) is 2.60. The summed E-state index contributed by atoms with van der Waals surface area (Å²) in [6.07, 6.45) is 1.51. The summed E-state index contributed by atoms with van der Waals surface area (Å²) in [5.41, 5.74) is 4.01. The van der Waals surface area contributed by atoms with Crippen molar-refractivity contribution < 1.29 is 23.9 Å². The molecule has 0 unspecified atom stereocenters. The Hall–Kier alpha value is -3.61. The van der Waals surface area contributed by atoms with Gasteiger partial charge in [-0.1, -0.05) is 12.1 Å². The summed E-state index contributed by atoms with van der Waals surface area (Å²) in [4.78, 5) is 36.6. The maximum absolute atomic E-state index is 12.6. The first kappa shape index (κ1) is 18.2. The predicted octanol–water partition coefficient (Wildman–Crippen LogP) is 2.33. The highest BCUT2D eigenvalue weighted by atomic mass is 16.5. The molecule has 0 spiro atoms. The van der Waals surface area contributed by atoms with Crippen molar-refractivity contribution >= 4 is 29.5 Å². The van der Waals surface area contributed by atoms with Crippen LogP contribution in [-0.2, 0) is 14.3 Å². The molecule has 7 heteroatoms. The number of hydrogen-bond donors (Lipinski definition) is 1. The van der Waals surface area contributed by atoms with Crippen LogP contribution in [0.2, 0.25) is 0 Å². The van der Waals surface area contributed by atoms with Crippen LogP contribution in [0.3, 0.4) is 0 Å². The molecule has 0 aromatic heterocycles. The Morgan fingerprint density at radius 1 is 1.15 bits per heavy atom. The maximum atomic E-state index is 12.6. The molecule has 2 amide bonds. The second-order valence-electron chi connectivity index (χ2n) is 5.68. The smallest absolute Gasteiger partial charge is 0.338 e. The molecular weight excluding hydrogens is 348 g/mol. The van der Waals surface area contributed by atoms with Crippen molar-refractivity contribution in [3.8, 4) is 5.75 Å². The number of methoxy groups -OCH3 is 1. The molecule has 0 atom stereocenters. The Bertz CT molecular complexity index is 918. The van der Waals surface area contributed by atoms with Crippen LogP contribution in [0.4, 0.5) is 5.69 Å². The minimum absolute atomic E-state index is 0.0118. The first-order valence-electron chi connectivity index (χ1n) is 8.32. The van der Waals surface area contributed by atoms with E-state index < -0.39 is 17.8 Å². The number of anilines is 1. The van der Waals surface area contributed by atoms with Crippen molar-refractivity contribution in [1.82, 2.24) is 5.43 Å². The Morgan fingerprint density at radius 2 is 1.89 bits per heavy atom. The topological polar surface area (TPSA) is 84.9 Å². The average molecular weight is 366 g/mol. The third-order valence-electron chi connectivity index (χ3n) is 3.93. The summed E-state index contributed by atoms with van der Waals surface area (Å²) >= 11 is 0. The normalized spacial score (nSPS) is 15.0. The number of nitrogens with one attached hydrogen (secondary N) is 1. The SMILES string of the molecule is CCOC(=O)c1ccc(N2NC(=O)C(=Cc3cccc(OC)c3)C2=O)cc1. The number of benzene rings is 2. The van der Waals surface area contributed by atoms with Gasteiger partial charge >= 0.3 is 5.97 Å². The molecule has 1 aliphatic heterocycles. The standard InChI is InChI=1S/C20H18N2O5/c1-3-27-20(25)14-7-9-15(10-8-14)22-19(24)17(18(23)21-22)12-13-5-4-6-16(11-13)26-2/h4-12H,3H2,1-2H3,(H,21,23). The van der Waals surface area contributed by atoms with Crippen molar-refractivity contribution in [2.24, 2.45) is 0 Å². The van der Waals surface area contributed by atoms with E-state index in [2.05, 4.69) is 5.43 Å². The Morgan fingerprint density at radius 3 is 2.56 bits per heavy atom. The fourth-order valence-corrected chi connectivity index (χ4v) is 2.60. The van der Waals surface area contributed by atoms with E-state index in [-0.39, 0.29) is 12.2 Å². The molecular formula is C20H18N2O5. The van der Waals surface area contributed by atoms with Crippen LogP contribution in [0.15, 0.2) is 54.1 Å². The summed E-state index contributed by atoms with van der Waals surface area (Å²) in [6, 6.07) is 13.3. The molecule has 27 heavy (non-hydrogen) atoms. The molecule has 1 fully saturated rings. The fraction of sp³-hybridized carbons (Fsp3) is 0.150. The number of rotatable bonds is 5. The van der Waals surface area contributed by atoms with Gasteiger partial charge in [0, 0.05) is 0 Å². The number of esters is 1. The first-order chi connectivity index (χ1) is 13.0. The highest BCUT2D eigenvalue weighted by Gasteiger charge is 2.34. The lowest BCUT2D eigenvalue weighted by atomic mass is 10.1. The molecule has 0 bridgehead atoms. The molecule has 7 nitrogen and oxygen atoms in total. The molecule has 138 valence electrons. The second kappa shape index (κ2) is 7.74. The molecule has 0 saturated carbocycles. The lowest BCUT2D eigenvalue weighted by molar-refractivity contribution is -0.117. The summed E-state index contributed by atoms with van der Waals surface area (Å²) < 4.78 is 10.1. The van der Waals surface area contributed by atoms with E-state index in [0.29, 0.717) is 22.6 Å². The van der Waals surface area contributed by atoms with Gasteiger partial charge in [-0.2, -0.15) is 0 Å². The second-order valence-corrected chi connectivity index (χ2v) is 5.68. The van der Waals surface area contributed by atoms with E-state index >= 15 is 0 Å². The van der Waals surface area contributed by atoms with Gasteiger partial charge < -0.3 is 9.47 Å². The highest BCUT2D eigenvalue weighted by Crippen LogP contribution is 2.23. The quantitative estimate of drug-likeness (QED) is 0.499. The zero-order chi connectivity index (χ0) is 19.4. The molecule has 3 rings (SSSR count). The molecule has 2 aromatic rings. The Labute approximate surface area is 156 Å². The number of ether oxygens (including phenoxy) is 2. The molecule has 1 saturated heterocycles. The van der Waals surface area contributed by atoms with Gasteiger partial charge in [-0.3, -0.25) is 15.0 Å². The van der Waals surface area contributed by atoms with Crippen molar-refractivity contribution in [2.75, 3.05) is 18.7 Å². The molecule has 0 aliphatic carbocycles. The van der Waals surface area contributed by atoms with Gasteiger partial charge in [-0.05, 0) is 55.0 Å². The van der Waals surface area contributed by atoms with Gasteiger partial charge in [0.15, 0.2) is 0 Å². The van der Waals surface area contributed by atoms with Gasteiger partial charge in [0.25, 0.3) is 11.8 Å². The Balaban J connectivity index is 1.83. The zero-order valence-corrected chi connectivity index (χ0v) is 14.9. The van der Waals surface area contributed by atoms with Crippen LogP contribution < -0.4 is 15.2 Å². The molecule has 0 radical (unpaired) electrons. The third-order valence-corrected chi connectivity index (χ3v) is 3.93. The van der Waals surface area contributed by atoms with E-state index in [9.17, 15) is 14.4 Å². The minimum Gasteiger partial charge on any atom is -0.497 e. The van der Waals surface area contributed by atoms with Crippen LogP contribution >= 0.6 is 0 Å². The summed E-state index contributed by atoms with van der Waals surface area (Å²) in [5.74, 6) is -0.801. The van der Waals surface area contributed by atoms with Gasteiger partial charge in [-0.15, -0.1) is 0 Å². The van der Waals surface area contributed by atoms with E-state index in [1.165, 1.54) is 18.2 Å². The number of hydrogen-bond acceptors (Lipinski definition) is 5. The van der Waals surface area contributed by atoms with Crippen LogP contribution in [0.25, 0.3) is 6.08 Å². The molecule has 2 aromatic carbocycles.